The smallest absolute Gasteiger partial charge is 0.263 e. The number of thiazole rings is 1. The molecule has 2 saturated heterocycles. The van der Waals surface area contributed by atoms with Gasteiger partial charge in [-0.25, -0.2) is 29.9 Å². The summed E-state index contributed by atoms with van der Waals surface area (Å²) in [5.41, 5.74) is 4.40. The molecule has 10 rings (SSSR count). The Labute approximate surface area is 365 Å². The predicted molar refractivity (Wildman–Crippen MR) is 239 cm³/mol. The Morgan fingerprint density at radius 3 is 2.33 bits per heavy atom. The maximum absolute atomic E-state index is 13.7. The first kappa shape index (κ1) is 39.6. The zero-order chi connectivity index (χ0) is 42.7. The molecule has 16 nitrogen and oxygen atoms in total. The Morgan fingerprint density at radius 1 is 0.794 bits per heavy atom. The number of nitrogens with zero attached hydrogens (tertiary/aromatic N) is 9. The number of rotatable bonds is 14. The highest BCUT2D eigenvalue weighted by Gasteiger charge is 2.30. The average Bonchev–Trinajstić information content (AvgIpc) is 4.07. The highest BCUT2D eigenvalue weighted by molar-refractivity contribution is 7.22. The van der Waals surface area contributed by atoms with Crippen molar-refractivity contribution in [1.82, 2.24) is 39.8 Å². The van der Waals surface area contributed by atoms with Gasteiger partial charge in [-0.3, -0.25) is 9.59 Å². The van der Waals surface area contributed by atoms with Crippen molar-refractivity contribution in [1.29, 1.82) is 0 Å². The second-order valence-electron chi connectivity index (χ2n) is 15.3. The molecule has 2 N–H and O–H groups in total. The summed E-state index contributed by atoms with van der Waals surface area (Å²) >= 11 is 1.60. The number of fused-ring (bicyclic) bond motifs is 2. The summed E-state index contributed by atoms with van der Waals surface area (Å²) in [7, 11) is 1.72. The van der Waals surface area contributed by atoms with Crippen LogP contribution in [0.4, 0.5) is 22.5 Å². The van der Waals surface area contributed by atoms with E-state index in [1.54, 1.807) is 60.0 Å². The Kier molecular flexibility index (Phi) is 11.0. The van der Waals surface area contributed by atoms with E-state index in [1.165, 1.54) is 6.20 Å². The lowest BCUT2D eigenvalue weighted by molar-refractivity contribution is -0.131. The Balaban J connectivity index is 0.807. The van der Waals surface area contributed by atoms with Crippen LogP contribution in [0, 0.1) is 5.92 Å². The molecule has 2 aliphatic heterocycles. The van der Waals surface area contributed by atoms with Crippen LogP contribution in [0.3, 0.4) is 0 Å². The number of anilines is 4. The summed E-state index contributed by atoms with van der Waals surface area (Å²) in [5.74, 6) is 3.05. The number of ether oxygens (including phenoxy) is 3. The minimum absolute atomic E-state index is 0.0565. The van der Waals surface area contributed by atoms with Crippen molar-refractivity contribution in [2.45, 2.75) is 13.0 Å². The standard InChI is InChI=1S/C46H41N11O5S/c1-60-28-29-18-21-56(25-29)43-45(62-34-16-12-31(13-17-34)51-46-54-37-8-4-5-9-38(37)63-46)50-32(24-49-43)26-55-22-23-57(27-39(55)58)42-44(48-20-19-47-42)61-33-14-10-30(11-15-33)40(59)41-52-35-6-2-3-7-36(35)53-41/h2-17,19-20,24,29H,18,21-23,25-28H2,1H3,(H,51,54)(H,52,53)/t29-/m0/s1. The number of H-pyrrole nitrogens is 1. The maximum Gasteiger partial charge on any atom is 0.263 e. The van der Waals surface area contributed by atoms with Crippen molar-refractivity contribution in [2.24, 2.45) is 5.92 Å². The Bertz CT molecular complexity index is 2860. The number of ketones is 1. The van der Waals surface area contributed by atoms with E-state index in [9.17, 15) is 9.59 Å². The molecule has 2 aliphatic rings. The van der Waals surface area contributed by atoms with Gasteiger partial charge in [-0.2, -0.15) is 0 Å². The number of benzene rings is 4. The van der Waals surface area contributed by atoms with Gasteiger partial charge in [0.1, 0.15) is 11.5 Å². The van der Waals surface area contributed by atoms with Crippen LogP contribution in [-0.2, 0) is 16.1 Å². The third-order valence-corrected chi connectivity index (χ3v) is 11.9. The Morgan fingerprint density at radius 2 is 1.54 bits per heavy atom. The predicted octanol–water partition coefficient (Wildman–Crippen LogP) is 7.63. The summed E-state index contributed by atoms with van der Waals surface area (Å²) in [4.78, 5) is 63.7. The number of aromatic nitrogens is 7. The van der Waals surface area contributed by atoms with Gasteiger partial charge in [0.05, 0.1) is 52.8 Å². The molecule has 0 aliphatic carbocycles. The number of amides is 1. The van der Waals surface area contributed by atoms with Crippen LogP contribution in [0.1, 0.15) is 28.3 Å². The fraction of sp³-hybridized carbons (Fsp3) is 0.217. The molecule has 4 aromatic heterocycles. The minimum Gasteiger partial charge on any atom is -0.436 e. The molecule has 2 fully saturated rings. The highest BCUT2D eigenvalue weighted by Crippen LogP contribution is 2.35. The van der Waals surface area contributed by atoms with Gasteiger partial charge in [-0.1, -0.05) is 35.6 Å². The lowest BCUT2D eigenvalue weighted by Gasteiger charge is -2.35. The Hall–Kier alpha value is -7.50. The molecular formula is C46H41N11O5S. The number of carbonyl (C=O) groups is 2. The molecule has 0 radical (unpaired) electrons. The minimum atomic E-state index is -0.233. The normalized spacial score (nSPS) is 15.3. The van der Waals surface area contributed by atoms with Crippen LogP contribution >= 0.6 is 11.3 Å². The molecule has 0 unspecified atom stereocenters. The van der Waals surface area contributed by atoms with E-state index < -0.39 is 0 Å². The fourth-order valence-electron chi connectivity index (χ4n) is 7.77. The zero-order valence-electron chi connectivity index (χ0n) is 34.2. The van der Waals surface area contributed by atoms with Gasteiger partial charge >= 0.3 is 0 Å². The van der Waals surface area contributed by atoms with Crippen LogP contribution in [0.2, 0.25) is 0 Å². The number of nitrogens with one attached hydrogen (secondary N) is 2. The van der Waals surface area contributed by atoms with Crippen molar-refractivity contribution >= 4 is 66.7 Å². The molecular weight excluding hydrogens is 819 g/mol. The molecule has 0 saturated carbocycles. The van der Waals surface area contributed by atoms with E-state index in [2.05, 4.69) is 41.2 Å². The number of piperazine rings is 1. The number of hydrogen-bond acceptors (Lipinski definition) is 15. The third-order valence-electron chi connectivity index (χ3n) is 10.9. The highest BCUT2D eigenvalue weighted by atomic mass is 32.1. The average molecular weight is 860 g/mol. The van der Waals surface area contributed by atoms with E-state index in [0.29, 0.717) is 65.9 Å². The number of hydrogen-bond donors (Lipinski definition) is 2. The van der Waals surface area contributed by atoms with Crippen LogP contribution < -0.4 is 24.6 Å². The molecule has 4 aromatic carbocycles. The number of para-hydroxylation sites is 3. The fourth-order valence-corrected chi connectivity index (χ4v) is 8.65. The second-order valence-corrected chi connectivity index (χ2v) is 16.3. The van der Waals surface area contributed by atoms with E-state index in [0.717, 1.165) is 51.6 Å². The second kappa shape index (κ2) is 17.5. The molecule has 0 spiro atoms. The first-order valence-corrected chi connectivity index (χ1v) is 21.4. The number of aromatic amines is 1. The molecule has 8 aromatic rings. The maximum atomic E-state index is 13.7. The van der Waals surface area contributed by atoms with Crippen LogP contribution in [0.25, 0.3) is 21.3 Å². The van der Waals surface area contributed by atoms with Crippen molar-refractivity contribution in [3.05, 3.63) is 133 Å². The van der Waals surface area contributed by atoms with Gasteiger partial charge in [0, 0.05) is 62.9 Å². The first-order valence-electron chi connectivity index (χ1n) is 20.5. The quantitative estimate of drug-likeness (QED) is 0.102. The number of imidazole rings is 1. The van der Waals surface area contributed by atoms with E-state index >= 15 is 0 Å². The van der Waals surface area contributed by atoms with Gasteiger partial charge in [0.25, 0.3) is 11.8 Å². The monoisotopic (exact) mass is 859 g/mol. The summed E-state index contributed by atoms with van der Waals surface area (Å²) in [6, 6.07) is 29.9. The van der Waals surface area contributed by atoms with Gasteiger partial charge in [-0.05, 0) is 79.2 Å². The van der Waals surface area contributed by atoms with Crippen LogP contribution in [-0.4, -0.2) is 97.9 Å². The zero-order valence-corrected chi connectivity index (χ0v) is 35.0. The van der Waals surface area contributed by atoms with Crippen molar-refractivity contribution in [3.8, 4) is 23.3 Å². The van der Waals surface area contributed by atoms with Crippen molar-refractivity contribution < 1.29 is 23.8 Å². The summed E-state index contributed by atoms with van der Waals surface area (Å²) in [6.45, 7) is 3.42. The first-order chi connectivity index (χ1) is 30.9. The molecule has 6 heterocycles. The third kappa shape index (κ3) is 8.69. The number of methoxy groups -OCH3 is 1. The SMILES string of the molecule is COC[C@H]1CCN(c2ncc(CN3CCN(c4nccnc4Oc4ccc(C(=O)c5nc6ccccc6[nH]5)cc4)CC3=O)nc2Oc2ccc(Nc3nc4ccccc4s3)cc2)C1. The van der Waals surface area contributed by atoms with E-state index in [1.807, 2.05) is 71.6 Å². The summed E-state index contributed by atoms with van der Waals surface area (Å²) < 4.78 is 19.2. The van der Waals surface area contributed by atoms with Crippen molar-refractivity contribution in [3.63, 3.8) is 0 Å². The van der Waals surface area contributed by atoms with Gasteiger partial charge < -0.3 is 39.2 Å². The van der Waals surface area contributed by atoms with Crippen LogP contribution in [0.15, 0.2) is 116 Å². The molecule has 1 amide bonds. The molecule has 0 bridgehead atoms. The van der Waals surface area contributed by atoms with Crippen LogP contribution in [0.5, 0.6) is 23.3 Å². The van der Waals surface area contributed by atoms with Crippen molar-refractivity contribution in [2.75, 3.05) is 61.6 Å². The lowest BCUT2D eigenvalue weighted by atomic mass is 10.1. The topological polar surface area (TPSA) is 177 Å². The molecule has 1 atom stereocenters. The van der Waals surface area contributed by atoms with E-state index in [4.69, 9.17) is 24.2 Å². The summed E-state index contributed by atoms with van der Waals surface area (Å²) in [5, 5.41) is 4.20. The van der Waals surface area contributed by atoms with E-state index in [-0.39, 0.29) is 36.5 Å². The molecule has 17 heteroatoms. The number of carbonyl (C=O) groups excluding carboxylic acids is 2. The molecule has 316 valence electrons. The van der Waals surface area contributed by atoms with Gasteiger partial charge in [0.2, 0.25) is 11.7 Å². The lowest BCUT2D eigenvalue weighted by Crippen LogP contribution is -2.50. The summed E-state index contributed by atoms with van der Waals surface area (Å²) in [6.07, 6.45) is 5.80. The largest absolute Gasteiger partial charge is 0.436 e. The molecule has 63 heavy (non-hydrogen) atoms. The van der Waals surface area contributed by atoms with Gasteiger partial charge in [0.15, 0.2) is 22.6 Å². The van der Waals surface area contributed by atoms with Gasteiger partial charge in [-0.15, -0.1) is 0 Å².